The van der Waals surface area contributed by atoms with Crippen molar-refractivity contribution < 1.29 is 208 Å². The molecule has 48 heteroatoms. The quantitative estimate of drug-likeness (QED) is 0.0199. The Morgan fingerprint density at radius 1 is 0.396 bits per heavy atom. The number of ether oxygens (including phenoxy) is 10. The molecule has 4 rings (SSSR count). The van der Waals surface area contributed by atoms with Crippen LogP contribution in [-0.4, -0.2) is 366 Å². The summed E-state index contributed by atoms with van der Waals surface area (Å²) in [6, 6.07) is 0. The number of phosphoric acid groups is 4. The van der Waals surface area contributed by atoms with Crippen molar-refractivity contribution in [2.45, 2.75) is 172 Å². The molecule has 0 amide bonds. The first-order valence-electron chi connectivity index (χ1n) is 27.3. The summed E-state index contributed by atoms with van der Waals surface area (Å²) in [6.45, 7) is -11.9. The van der Waals surface area contributed by atoms with Gasteiger partial charge in [0.05, 0.1) is 85.4 Å². The Labute approximate surface area is 516 Å². The molecule has 0 aromatic rings. The van der Waals surface area contributed by atoms with Crippen LogP contribution in [0.3, 0.4) is 0 Å². The van der Waals surface area contributed by atoms with Crippen molar-refractivity contribution in [1.29, 1.82) is 0 Å². The van der Waals surface area contributed by atoms with Gasteiger partial charge in [-0.1, -0.05) is 0 Å². The standard InChI is InChI=1S/C43H85NO43P4/c1-70-40-39(31(8-48)83-42(40)74-11-21(52)36(60)23(54)13-76-88(62,63)80-17-44)87-91(68,69)79-16-26(57)37(61)22(53)12-75-43-41(71-2)38(30(7-47)84-43)86-90(66,67)78-15-25(56)35(59)20(51)10-73-33-4-27(29(6-46)82-33)85-89(64,65)77-14-24(55)34(58)19(50)9-72-32-3-18(49)28(5-45)81-32/h18-43,45-61H,3-17,44H2,1-2H3,(H,62,63)(H,64,65)(H,66,67)(H,68,69)/t18-,19?,20?,21?,22?,23?,24?,25?,26?,27-,28-,29-,30-,31-,32-,33-,34?,35?,36?,37?,38+,39+,40?,41?,42-,43-/m1/s1. The fourth-order valence-electron chi connectivity index (χ4n) is 8.71. The van der Waals surface area contributed by atoms with Crippen LogP contribution in [0, 0.1) is 0 Å². The fraction of sp³-hybridized carbons (Fsp3) is 1.00. The molecular formula is C43H85NO43P4. The van der Waals surface area contributed by atoms with Crippen LogP contribution in [0.5, 0.6) is 0 Å². The zero-order valence-electron chi connectivity index (χ0n) is 48.4. The van der Waals surface area contributed by atoms with E-state index in [4.69, 9.17) is 80.2 Å². The fourth-order valence-corrected chi connectivity index (χ4v) is 12.2. The topological polar surface area (TPSA) is 685 Å². The molecule has 4 heterocycles. The molecule has 0 aromatic carbocycles. The molecule has 0 bridgehead atoms. The summed E-state index contributed by atoms with van der Waals surface area (Å²) in [5, 5.41) is 174. The molecule has 540 valence electrons. The van der Waals surface area contributed by atoms with Crippen molar-refractivity contribution in [3.63, 3.8) is 0 Å². The van der Waals surface area contributed by atoms with Crippen LogP contribution >= 0.6 is 31.3 Å². The minimum Gasteiger partial charge on any atom is -0.394 e. The summed E-state index contributed by atoms with van der Waals surface area (Å²) in [4.78, 5) is 40.8. The first-order chi connectivity index (χ1) is 42.6. The summed E-state index contributed by atoms with van der Waals surface area (Å²) >= 11 is 0. The maximum absolute atomic E-state index is 13.1. The minimum absolute atomic E-state index is 0.0699. The second kappa shape index (κ2) is 38.6. The Morgan fingerprint density at radius 3 is 1.03 bits per heavy atom. The van der Waals surface area contributed by atoms with E-state index in [2.05, 4.69) is 9.05 Å². The number of hydrogen-bond acceptors (Lipinski definition) is 40. The van der Waals surface area contributed by atoms with E-state index < -0.39 is 283 Å². The minimum atomic E-state index is -5.38. The van der Waals surface area contributed by atoms with Gasteiger partial charge in [0.15, 0.2) is 25.2 Å². The smallest absolute Gasteiger partial charge is 0.394 e. The molecule has 4 saturated heterocycles. The number of methoxy groups -OCH3 is 2. The zero-order valence-corrected chi connectivity index (χ0v) is 51.9. The maximum atomic E-state index is 13.1. The molecule has 4 aliphatic heterocycles. The maximum Gasteiger partial charge on any atom is 0.473 e. The van der Waals surface area contributed by atoms with E-state index in [9.17, 15) is 125 Å². The van der Waals surface area contributed by atoms with Gasteiger partial charge in [-0.25, -0.2) is 18.3 Å². The number of hydrogen-bond donors (Lipinski definition) is 22. The van der Waals surface area contributed by atoms with Gasteiger partial charge in [0.25, 0.3) is 0 Å². The van der Waals surface area contributed by atoms with E-state index in [0.717, 1.165) is 14.2 Å². The van der Waals surface area contributed by atoms with E-state index in [1.54, 1.807) is 0 Å². The predicted molar refractivity (Wildman–Crippen MR) is 284 cm³/mol. The first-order valence-corrected chi connectivity index (χ1v) is 33.3. The second-order valence-electron chi connectivity index (χ2n) is 20.4. The first kappa shape index (κ1) is 82.7. The summed E-state index contributed by atoms with van der Waals surface area (Å²) in [5.74, 6) is 0. The van der Waals surface area contributed by atoms with E-state index >= 15 is 0 Å². The van der Waals surface area contributed by atoms with Gasteiger partial charge in [-0.3, -0.25) is 36.2 Å². The van der Waals surface area contributed by atoms with Crippen LogP contribution in [0.2, 0.25) is 0 Å². The average Bonchev–Trinajstić information content (AvgIpc) is 1.78. The van der Waals surface area contributed by atoms with Gasteiger partial charge in [0.1, 0.15) is 135 Å². The van der Waals surface area contributed by atoms with Gasteiger partial charge in [-0.15, -0.1) is 0 Å². The number of phosphoric ester groups is 4. The molecule has 30 atom stereocenters. The van der Waals surface area contributed by atoms with Crippen LogP contribution in [0.1, 0.15) is 12.8 Å². The molecule has 23 N–H and O–H groups in total. The van der Waals surface area contributed by atoms with Crippen LogP contribution < -0.4 is 5.73 Å². The molecule has 0 radical (unpaired) electrons. The van der Waals surface area contributed by atoms with Crippen molar-refractivity contribution >= 4 is 31.3 Å². The van der Waals surface area contributed by atoms with Gasteiger partial charge in [-0.2, -0.15) is 0 Å². The Hall–Kier alpha value is -0.680. The van der Waals surface area contributed by atoms with E-state index in [1.165, 1.54) is 0 Å². The molecule has 0 saturated carbocycles. The summed E-state index contributed by atoms with van der Waals surface area (Å²) in [5.41, 5.74) is 5.00. The van der Waals surface area contributed by atoms with Gasteiger partial charge in [0, 0.05) is 27.1 Å². The highest BCUT2D eigenvalue weighted by Crippen LogP contribution is 2.51. The van der Waals surface area contributed by atoms with Crippen molar-refractivity contribution in [1.82, 2.24) is 0 Å². The lowest BCUT2D eigenvalue weighted by Crippen LogP contribution is -2.44. The van der Waals surface area contributed by atoms with Crippen molar-refractivity contribution in [3.05, 3.63) is 0 Å². The van der Waals surface area contributed by atoms with Gasteiger partial charge in [0.2, 0.25) is 0 Å². The zero-order chi connectivity index (χ0) is 68.3. The largest absolute Gasteiger partial charge is 0.473 e. The van der Waals surface area contributed by atoms with E-state index in [-0.39, 0.29) is 6.42 Å². The van der Waals surface area contributed by atoms with E-state index in [1.807, 2.05) is 0 Å². The number of rotatable bonds is 46. The molecule has 0 aliphatic carbocycles. The highest BCUT2D eigenvalue weighted by Gasteiger charge is 2.52. The second-order valence-corrected chi connectivity index (χ2v) is 26.1. The lowest BCUT2D eigenvalue weighted by Gasteiger charge is -2.28. The Morgan fingerprint density at radius 2 is 0.703 bits per heavy atom. The molecule has 18 unspecified atom stereocenters. The van der Waals surface area contributed by atoms with E-state index in [0.29, 0.717) is 0 Å². The van der Waals surface area contributed by atoms with Gasteiger partial charge < -0.3 is 159 Å². The Balaban J connectivity index is 1.19. The SMILES string of the molecule is COC1[C@H](OCC(O)C(O)C(O)COP(=O)(O)O[C@@H]2C(OC)[C@H](OCC(O)C(O)C(O)COP(=O)(O)OCN)O[C@@H]2CO)O[C@H](CO)[C@@H]1OP(=O)(O)OCC(O)C(O)C(O)CO[C@H]1C[C@@H](OP(=O)(O)OCC(O)C(O)C(O)CO[C@H]2C[C@@H](O)[C@@H](CO)O2)[C@@H](CO)O1. The molecule has 91 heavy (non-hydrogen) atoms. The third-order valence-corrected chi connectivity index (χ3v) is 17.7. The monoisotopic (exact) mass is 1430 g/mol. The summed E-state index contributed by atoms with van der Waals surface area (Å²) in [6.07, 6.45) is -45.6. The van der Waals surface area contributed by atoms with Crippen molar-refractivity contribution in [2.75, 3.05) is 100 Å². The highest BCUT2D eigenvalue weighted by molar-refractivity contribution is 7.48. The number of aliphatic hydroxyl groups is 17. The number of aliphatic hydroxyl groups excluding tert-OH is 17. The Kier molecular flexibility index (Phi) is 35.1. The van der Waals surface area contributed by atoms with Crippen LogP contribution in [0.4, 0.5) is 0 Å². The molecule has 4 fully saturated rings. The van der Waals surface area contributed by atoms with Crippen LogP contribution in [0.25, 0.3) is 0 Å². The molecule has 0 spiro atoms. The molecule has 0 aromatic heterocycles. The van der Waals surface area contributed by atoms with Crippen molar-refractivity contribution in [3.8, 4) is 0 Å². The lowest BCUT2D eigenvalue weighted by molar-refractivity contribution is -0.198. The average molecular weight is 1430 g/mol. The van der Waals surface area contributed by atoms with Gasteiger partial charge >= 0.3 is 31.3 Å². The molecular weight excluding hydrogens is 1340 g/mol. The van der Waals surface area contributed by atoms with Crippen LogP contribution in [-0.2, 0) is 102 Å². The van der Waals surface area contributed by atoms with Crippen molar-refractivity contribution in [2.24, 2.45) is 5.73 Å². The molecule has 4 aliphatic rings. The third kappa shape index (κ3) is 25.8. The highest BCUT2D eigenvalue weighted by atomic mass is 31.2. The normalized spacial score (nSPS) is 34.0. The van der Waals surface area contributed by atoms with Crippen LogP contribution in [0.15, 0.2) is 0 Å². The molecule has 44 nitrogen and oxygen atoms in total. The summed E-state index contributed by atoms with van der Waals surface area (Å²) in [7, 11) is -18.5. The van der Waals surface area contributed by atoms with Gasteiger partial charge in [-0.05, 0) is 0 Å². The Bertz CT molecular complexity index is 2280. The predicted octanol–water partition coefficient (Wildman–Crippen LogP) is -11.0. The number of nitrogens with two attached hydrogens (primary N) is 1. The lowest BCUT2D eigenvalue weighted by atomic mass is 10.1. The third-order valence-electron chi connectivity index (χ3n) is 13.7. The summed E-state index contributed by atoms with van der Waals surface area (Å²) < 4.78 is 142.